The molecular weight excluding hydrogens is 316 g/mol. The van der Waals surface area contributed by atoms with E-state index in [-0.39, 0.29) is 24.0 Å². The molecule has 1 aromatic heterocycles. The Morgan fingerprint density at radius 1 is 1.36 bits per heavy atom. The van der Waals surface area contributed by atoms with Gasteiger partial charge in [-0.2, -0.15) is 0 Å². The summed E-state index contributed by atoms with van der Waals surface area (Å²) in [4.78, 5) is 16.8. The van der Waals surface area contributed by atoms with Crippen LogP contribution < -0.4 is 10.1 Å². The summed E-state index contributed by atoms with van der Waals surface area (Å²) in [5.74, 6) is 0.752. The molecule has 0 saturated heterocycles. The molecule has 132 valence electrons. The van der Waals surface area contributed by atoms with E-state index in [4.69, 9.17) is 4.74 Å². The third-order valence-electron chi connectivity index (χ3n) is 4.71. The maximum Gasteiger partial charge on any atom is 0.224 e. The molecule has 1 atom stereocenters. The molecule has 1 saturated carbocycles. The van der Waals surface area contributed by atoms with E-state index >= 15 is 0 Å². The molecule has 1 unspecified atom stereocenters. The zero-order valence-electron chi connectivity index (χ0n) is 14.6. The summed E-state index contributed by atoms with van der Waals surface area (Å²) >= 11 is 0. The van der Waals surface area contributed by atoms with Crippen molar-refractivity contribution in [3.63, 3.8) is 0 Å². The molecule has 1 aliphatic carbocycles. The molecule has 0 spiro atoms. The Kier molecular flexibility index (Phi) is 5.34. The third-order valence-corrected chi connectivity index (χ3v) is 4.71. The van der Waals surface area contributed by atoms with Gasteiger partial charge in [-0.25, -0.2) is 4.98 Å². The molecule has 1 aliphatic rings. The fourth-order valence-corrected chi connectivity index (χ4v) is 3.30. The van der Waals surface area contributed by atoms with Crippen LogP contribution >= 0.6 is 0 Å². The van der Waals surface area contributed by atoms with E-state index in [2.05, 4.69) is 10.3 Å². The molecule has 2 N–H and O–H groups in total. The van der Waals surface area contributed by atoms with Gasteiger partial charge in [0.2, 0.25) is 11.8 Å². The number of rotatable bonds is 6. The van der Waals surface area contributed by atoms with Crippen molar-refractivity contribution < 1.29 is 14.6 Å². The number of amides is 1. The molecule has 25 heavy (non-hydrogen) atoms. The normalized spacial score (nSPS) is 20.4. The second-order valence-corrected chi connectivity index (χ2v) is 6.73. The van der Waals surface area contributed by atoms with Gasteiger partial charge >= 0.3 is 0 Å². The number of nitrogens with zero attached hydrogens (tertiary/aromatic N) is 1. The maximum absolute atomic E-state index is 12.5. The predicted octanol–water partition coefficient (Wildman–Crippen LogP) is 2.57. The standard InChI is InChI=1S/C20H24N2O3/c1-13-4-3-5-14(8-13)9-18(24)22-20(16-10-17(23)11-16)15-6-7-19(25-2)21-12-15/h3-8,12,16-17,20,23H,9-11H2,1-2H3,(H,22,24). The van der Waals surface area contributed by atoms with Crippen LogP contribution in [0.25, 0.3) is 0 Å². The summed E-state index contributed by atoms with van der Waals surface area (Å²) in [7, 11) is 1.57. The summed E-state index contributed by atoms with van der Waals surface area (Å²) in [6.07, 6.45) is 3.20. The van der Waals surface area contributed by atoms with Crippen LogP contribution in [0, 0.1) is 12.8 Å². The molecule has 1 heterocycles. The van der Waals surface area contributed by atoms with Gasteiger partial charge in [0.1, 0.15) is 0 Å². The minimum absolute atomic E-state index is 0.0205. The maximum atomic E-state index is 12.5. The number of pyridine rings is 1. The molecule has 0 radical (unpaired) electrons. The number of nitrogens with one attached hydrogen (secondary N) is 1. The minimum Gasteiger partial charge on any atom is -0.481 e. The molecule has 0 bridgehead atoms. The summed E-state index contributed by atoms with van der Waals surface area (Å²) in [5, 5.41) is 12.8. The van der Waals surface area contributed by atoms with Gasteiger partial charge in [-0.15, -0.1) is 0 Å². The summed E-state index contributed by atoms with van der Waals surface area (Å²) in [5.41, 5.74) is 3.08. The number of aliphatic hydroxyl groups excluding tert-OH is 1. The lowest BCUT2D eigenvalue weighted by Crippen LogP contribution is -2.41. The Hall–Kier alpha value is -2.40. The molecule has 0 aliphatic heterocycles. The summed E-state index contributed by atoms with van der Waals surface area (Å²) < 4.78 is 5.10. The second kappa shape index (κ2) is 7.66. The van der Waals surface area contributed by atoms with E-state index in [9.17, 15) is 9.90 Å². The fourth-order valence-electron chi connectivity index (χ4n) is 3.30. The number of hydrogen-bond acceptors (Lipinski definition) is 4. The van der Waals surface area contributed by atoms with Gasteiger partial charge in [0.15, 0.2) is 0 Å². The van der Waals surface area contributed by atoms with Crippen molar-refractivity contribution in [2.75, 3.05) is 7.11 Å². The third kappa shape index (κ3) is 4.37. The summed E-state index contributed by atoms with van der Waals surface area (Å²) in [6.45, 7) is 2.02. The zero-order valence-corrected chi connectivity index (χ0v) is 14.6. The van der Waals surface area contributed by atoms with Gasteiger partial charge < -0.3 is 15.2 Å². The van der Waals surface area contributed by atoms with E-state index in [1.165, 1.54) is 0 Å². The number of hydrogen-bond donors (Lipinski definition) is 2. The molecular formula is C20H24N2O3. The summed E-state index contributed by atoms with van der Waals surface area (Å²) in [6, 6.07) is 11.5. The lowest BCUT2D eigenvalue weighted by molar-refractivity contribution is -0.122. The van der Waals surface area contributed by atoms with Crippen LogP contribution in [0.2, 0.25) is 0 Å². The number of carbonyl (C=O) groups excluding carboxylic acids is 1. The molecule has 5 heteroatoms. The van der Waals surface area contributed by atoms with Gasteiger partial charge in [-0.1, -0.05) is 35.9 Å². The minimum atomic E-state index is -0.271. The van der Waals surface area contributed by atoms with Gasteiger partial charge in [-0.05, 0) is 36.8 Å². The Bertz CT molecular complexity index is 724. The van der Waals surface area contributed by atoms with Crippen LogP contribution in [0.1, 0.15) is 35.6 Å². The van der Waals surface area contributed by atoms with E-state index in [0.717, 1.165) is 16.7 Å². The van der Waals surface area contributed by atoms with Gasteiger partial charge in [0, 0.05) is 12.3 Å². The second-order valence-electron chi connectivity index (χ2n) is 6.73. The predicted molar refractivity (Wildman–Crippen MR) is 95.3 cm³/mol. The number of benzene rings is 1. The van der Waals surface area contributed by atoms with Crippen molar-refractivity contribution in [3.05, 3.63) is 59.3 Å². The molecule has 1 fully saturated rings. The van der Waals surface area contributed by atoms with Crippen LogP contribution in [0.15, 0.2) is 42.6 Å². The van der Waals surface area contributed by atoms with Crippen LogP contribution in [0.4, 0.5) is 0 Å². The monoisotopic (exact) mass is 340 g/mol. The quantitative estimate of drug-likeness (QED) is 0.848. The number of carbonyl (C=O) groups is 1. The van der Waals surface area contributed by atoms with E-state index in [0.29, 0.717) is 25.1 Å². The topological polar surface area (TPSA) is 71.5 Å². The largest absolute Gasteiger partial charge is 0.481 e. The highest BCUT2D eigenvalue weighted by Crippen LogP contribution is 2.38. The van der Waals surface area contributed by atoms with Gasteiger partial charge in [-0.3, -0.25) is 4.79 Å². The SMILES string of the molecule is COc1ccc(C(NC(=O)Cc2cccc(C)c2)C2CC(O)C2)cn1. The number of aliphatic hydroxyl groups is 1. The first kappa shape index (κ1) is 17.4. The zero-order chi connectivity index (χ0) is 17.8. The van der Waals surface area contributed by atoms with Crippen molar-refractivity contribution >= 4 is 5.91 Å². The number of methoxy groups -OCH3 is 1. The Labute approximate surface area is 148 Å². The lowest BCUT2D eigenvalue weighted by atomic mass is 9.75. The fraction of sp³-hybridized carbons (Fsp3) is 0.400. The average molecular weight is 340 g/mol. The molecule has 1 aromatic carbocycles. The number of aryl methyl sites for hydroxylation is 1. The van der Waals surface area contributed by atoms with E-state index in [1.807, 2.05) is 37.3 Å². The van der Waals surface area contributed by atoms with Crippen molar-refractivity contribution in [3.8, 4) is 5.88 Å². The van der Waals surface area contributed by atoms with Crippen molar-refractivity contribution in [1.29, 1.82) is 0 Å². The van der Waals surface area contributed by atoms with Crippen LogP contribution in [0.5, 0.6) is 5.88 Å². The Morgan fingerprint density at radius 2 is 2.16 bits per heavy atom. The molecule has 3 rings (SSSR count). The van der Waals surface area contributed by atoms with Gasteiger partial charge in [0.05, 0.1) is 25.7 Å². The molecule has 5 nitrogen and oxygen atoms in total. The van der Waals surface area contributed by atoms with Crippen LogP contribution in [-0.2, 0) is 11.2 Å². The first-order valence-electron chi connectivity index (χ1n) is 8.58. The Morgan fingerprint density at radius 3 is 2.76 bits per heavy atom. The van der Waals surface area contributed by atoms with E-state index < -0.39 is 0 Å². The van der Waals surface area contributed by atoms with Crippen molar-refractivity contribution in [2.45, 2.75) is 38.3 Å². The van der Waals surface area contributed by atoms with Gasteiger partial charge in [0.25, 0.3) is 0 Å². The molecule has 2 aromatic rings. The highest BCUT2D eigenvalue weighted by atomic mass is 16.5. The van der Waals surface area contributed by atoms with Crippen molar-refractivity contribution in [1.82, 2.24) is 10.3 Å². The first-order chi connectivity index (χ1) is 12.0. The van der Waals surface area contributed by atoms with E-state index in [1.54, 1.807) is 19.4 Å². The molecule has 1 amide bonds. The number of aromatic nitrogens is 1. The smallest absolute Gasteiger partial charge is 0.224 e. The number of ether oxygens (including phenoxy) is 1. The lowest BCUT2D eigenvalue weighted by Gasteiger charge is -2.38. The highest BCUT2D eigenvalue weighted by Gasteiger charge is 2.35. The average Bonchev–Trinajstić information content (AvgIpc) is 2.57. The highest BCUT2D eigenvalue weighted by molar-refractivity contribution is 5.79. The van der Waals surface area contributed by atoms with Crippen molar-refractivity contribution in [2.24, 2.45) is 5.92 Å². The first-order valence-corrected chi connectivity index (χ1v) is 8.58. The van der Waals surface area contributed by atoms with Crippen LogP contribution in [-0.4, -0.2) is 29.2 Å². The van der Waals surface area contributed by atoms with Crippen LogP contribution in [0.3, 0.4) is 0 Å². The Balaban J connectivity index is 1.71.